The van der Waals surface area contributed by atoms with Crippen LogP contribution in [0.15, 0.2) is 53.8 Å². The van der Waals surface area contributed by atoms with E-state index in [1.807, 2.05) is 6.92 Å². The Morgan fingerprint density at radius 2 is 1.83 bits per heavy atom. The number of anilines is 1. The number of hydrogen-bond acceptors (Lipinski definition) is 5. The minimum Gasteiger partial charge on any atom is -0.493 e. The highest BCUT2D eigenvalue weighted by Gasteiger charge is 2.52. The summed E-state index contributed by atoms with van der Waals surface area (Å²) in [7, 11) is 1.47. The van der Waals surface area contributed by atoms with Gasteiger partial charge in [-0.15, -0.1) is 0 Å². The molecule has 1 saturated carbocycles. The van der Waals surface area contributed by atoms with Crippen molar-refractivity contribution in [3.05, 3.63) is 64.9 Å². The van der Waals surface area contributed by atoms with Crippen LogP contribution in [0.25, 0.3) is 0 Å². The first-order valence-corrected chi connectivity index (χ1v) is 12.0. The summed E-state index contributed by atoms with van der Waals surface area (Å²) in [6, 6.07) is 8.61. The molecule has 36 heavy (non-hydrogen) atoms. The number of Topliss-reactive ketones (excluding diaryl/α,β-unsaturated/α-hetero) is 1. The van der Waals surface area contributed by atoms with E-state index >= 15 is 0 Å². The molecule has 3 atom stereocenters. The highest BCUT2D eigenvalue weighted by molar-refractivity contribution is 6.18. The van der Waals surface area contributed by atoms with Gasteiger partial charge in [-0.25, -0.2) is 0 Å². The van der Waals surface area contributed by atoms with Gasteiger partial charge >= 0.3 is 6.18 Å². The van der Waals surface area contributed by atoms with Crippen molar-refractivity contribution in [1.29, 1.82) is 0 Å². The van der Waals surface area contributed by atoms with Crippen LogP contribution in [0, 0.1) is 5.92 Å². The zero-order valence-corrected chi connectivity index (χ0v) is 19.9. The van der Waals surface area contributed by atoms with Crippen LogP contribution in [0.1, 0.15) is 49.8 Å². The molecule has 3 aliphatic rings. The number of ketones is 1. The molecule has 1 fully saturated rings. The Kier molecular flexibility index (Phi) is 6.18. The number of halogens is 3. The van der Waals surface area contributed by atoms with Crippen LogP contribution in [-0.4, -0.2) is 31.5 Å². The summed E-state index contributed by atoms with van der Waals surface area (Å²) in [5.41, 5.74) is -0.160. The predicted molar refractivity (Wildman–Crippen MR) is 125 cm³/mol. The van der Waals surface area contributed by atoms with Gasteiger partial charge in [-0.3, -0.25) is 14.5 Å². The molecule has 0 aromatic heterocycles. The molecule has 0 bridgehead atoms. The molecule has 5 rings (SSSR count). The van der Waals surface area contributed by atoms with Crippen molar-refractivity contribution < 1.29 is 37.0 Å². The third-order valence-corrected chi connectivity index (χ3v) is 7.02. The van der Waals surface area contributed by atoms with E-state index in [0.29, 0.717) is 36.5 Å². The Bertz CT molecular complexity index is 1240. The first-order valence-electron chi connectivity index (χ1n) is 12.0. The van der Waals surface area contributed by atoms with Crippen molar-refractivity contribution in [3.8, 4) is 11.5 Å². The minimum atomic E-state index is -4.59. The number of alkyl halides is 3. The first kappa shape index (κ1) is 24.2. The number of carbonyl (C=O) groups excluding carboxylic acids is 2. The highest BCUT2D eigenvalue weighted by Crippen LogP contribution is 2.49. The third-order valence-electron chi connectivity index (χ3n) is 7.02. The molecule has 1 amide bonds. The van der Waals surface area contributed by atoms with Gasteiger partial charge in [-0.1, -0.05) is 18.6 Å². The summed E-state index contributed by atoms with van der Waals surface area (Å²) < 4.78 is 57.7. The molecule has 0 spiro atoms. The Morgan fingerprint density at radius 3 is 2.56 bits per heavy atom. The summed E-state index contributed by atoms with van der Waals surface area (Å²) in [6.45, 7) is 2.23. The van der Waals surface area contributed by atoms with E-state index in [4.69, 9.17) is 14.2 Å². The molecule has 2 aromatic rings. The predicted octanol–water partition coefficient (Wildman–Crippen LogP) is 5.61. The van der Waals surface area contributed by atoms with E-state index in [9.17, 15) is 22.8 Å². The fraction of sp³-hybridized carbons (Fsp3) is 0.407. The van der Waals surface area contributed by atoms with Crippen molar-refractivity contribution in [3.63, 3.8) is 0 Å². The number of benzene rings is 2. The van der Waals surface area contributed by atoms with Gasteiger partial charge in [-0.05, 0) is 62.1 Å². The molecule has 0 saturated heterocycles. The van der Waals surface area contributed by atoms with Gasteiger partial charge < -0.3 is 14.2 Å². The Morgan fingerprint density at radius 1 is 1.06 bits per heavy atom. The molecular weight excluding hydrogens is 475 g/mol. The molecule has 1 aliphatic carbocycles. The molecule has 2 aliphatic heterocycles. The van der Waals surface area contributed by atoms with Crippen LogP contribution in [0.4, 0.5) is 18.9 Å². The van der Waals surface area contributed by atoms with E-state index in [1.165, 1.54) is 24.1 Å². The van der Waals surface area contributed by atoms with E-state index < -0.39 is 29.8 Å². The van der Waals surface area contributed by atoms with E-state index in [1.54, 1.807) is 18.2 Å². The van der Waals surface area contributed by atoms with Gasteiger partial charge in [0.1, 0.15) is 6.10 Å². The molecule has 3 unspecified atom stereocenters. The monoisotopic (exact) mass is 501 g/mol. The second-order valence-corrected chi connectivity index (χ2v) is 9.12. The highest BCUT2D eigenvalue weighted by atomic mass is 19.4. The maximum Gasteiger partial charge on any atom is 0.416 e. The van der Waals surface area contributed by atoms with E-state index in [-0.39, 0.29) is 28.7 Å². The zero-order valence-electron chi connectivity index (χ0n) is 19.9. The van der Waals surface area contributed by atoms with Gasteiger partial charge in [0, 0.05) is 5.69 Å². The first-order chi connectivity index (χ1) is 17.2. The smallest absolute Gasteiger partial charge is 0.416 e. The van der Waals surface area contributed by atoms with Crippen LogP contribution in [0.2, 0.25) is 0 Å². The number of amides is 1. The Labute approximate surface area is 206 Å². The number of fused-ring (bicyclic) bond motifs is 1. The van der Waals surface area contributed by atoms with Crippen molar-refractivity contribution in [2.24, 2.45) is 5.92 Å². The zero-order chi connectivity index (χ0) is 25.6. The fourth-order valence-electron chi connectivity index (χ4n) is 5.39. The van der Waals surface area contributed by atoms with Crippen molar-refractivity contribution in [2.75, 3.05) is 18.6 Å². The van der Waals surface area contributed by atoms with Crippen LogP contribution < -0.4 is 14.4 Å². The number of methoxy groups -OCH3 is 1. The summed E-state index contributed by atoms with van der Waals surface area (Å²) in [5.74, 6) is -0.385. The van der Waals surface area contributed by atoms with Gasteiger partial charge in [0.25, 0.3) is 5.91 Å². The number of ether oxygens (including phenoxy) is 3. The molecule has 190 valence electrons. The normalized spacial score (nSPS) is 23.8. The van der Waals surface area contributed by atoms with Gasteiger partial charge in [0.15, 0.2) is 23.0 Å². The lowest BCUT2D eigenvalue weighted by atomic mass is 9.77. The third kappa shape index (κ3) is 4.00. The molecule has 2 aromatic carbocycles. The van der Waals surface area contributed by atoms with Gasteiger partial charge in [-0.2, -0.15) is 13.2 Å². The van der Waals surface area contributed by atoms with Gasteiger partial charge in [0.05, 0.1) is 36.8 Å². The maximum absolute atomic E-state index is 13.7. The molecule has 9 heteroatoms. The second-order valence-electron chi connectivity index (χ2n) is 9.12. The van der Waals surface area contributed by atoms with Crippen LogP contribution in [0.5, 0.6) is 11.5 Å². The van der Waals surface area contributed by atoms with Crippen LogP contribution in [-0.2, 0) is 20.5 Å². The van der Waals surface area contributed by atoms with Crippen LogP contribution >= 0.6 is 0 Å². The Hall–Kier alpha value is -3.49. The molecular formula is C27H26F3NO5. The maximum atomic E-state index is 13.7. The quantitative estimate of drug-likeness (QED) is 0.533. The number of carbonyl (C=O) groups is 2. The average Bonchev–Trinajstić information content (AvgIpc) is 3.16. The largest absolute Gasteiger partial charge is 0.493 e. The average molecular weight is 502 g/mol. The molecule has 0 N–H and O–H groups in total. The SMILES string of the molecule is CCOc1ccc(C2C3=C(OC4CCCCC4C3=O)C(=O)N2c2cccc(C(F)(F)F)c2)cc1OC. The fourth-order valence-corrected chi connectivity index (χ4v) is 5.39. The summed E-state index contributed by atoms with van der Waals surface area (Å²) in [4.78, 5) is 28.7. The van der Waals surface area contributed by atoms with E-state index in [2.05, 4.69) is 0 Å². The lowest BCUT2D eigenvalue weighted by Crippen LogP contribution is -2.39. The lowest BCUT2D eigenvalue weighted by molar-refractivity contribution is -0.137. The topological polar surface area (TPSA) is 65.1 Å². The second kappa shape index (κ2) is 9.19. The number of hydrogen-bond donors (Lipinski definition) is 0. The summed E-state index contributed by atoms with van der Waals surface area (Å²) in [6.07, 6.45) is -1.91. The number of nitrogens with zero attached hydrogens (tertiary/aromatic N) is 1. The van der Waals surface area contributed by atoms with Crippen molar-refractivity contribution in [2.45, 2.75) is 50.9 Å². The Balaban J connectivity index is 1.66. The van der Waals surface area contributed by atoms with Crippen molar-refractivity contribution >= 4 is 17.4 Å². The van der Waals surface area contributed by atoms with Gasteiger partial charge in [0.2, 0.25) is 0 Å². The molecule has 2 heterocycles. The summed E-state index contributed by atoms with van der Waals surface area (Å²) >= 11 is 0. The van der Waals surface area contributed by atoms with Crippen molar-refractivity contribution in [1.82, 2.24) is 0 Å². The van der Waals surface area contributed by atoms with Crippen LogP contribution in [0.3, 0.4) is 0 Å². The molecule has 0 radical (unpaired) electrons. The lowest BCUT2D eigenvalue weighted by Gasteiger charge is -2.35. The van der Waals surface area contributed by atoms with E-state index in [0.717, 1.165) is 25.0 Å². The standard InChI is InChI=1S/C27H26F3NO5/c1-3-35-20-12-11-15(13-21(20)34-2)23-22-24(32)18-9-4-5-10-19(18)36-25(22)26(33)31(23)17-8-6-7-16(14-17)27(28,29)30/h6-8,11-14,18-19,23H,3-5,9-10H2,1-2H3. The number of rotatable bonds is 5. The molecule has 6 nitrogen and oxygen atoms in total. The minimum absolute atomic E-state index is 0.0291. The summed E-state index contributed by atoms with van der Waals surface area (Å²) in [5, 5.41) is 0.